The molecule has 0 aliphatic heterocycles. The Bertz CT molecular complexity index is 275. The van der Waals surface area contributed by atoms with Crippen LogP contribution in [0.1, 0.15) is 0 Å². The molecule has 0 aromatic heterocycles. The molecule has 0 unspecified atom stereocenters. The zero-order chi connectivity index (χ0) is 8.43. The first-order chi connectivity index (χ1) is 5.15. The molecule has 1 nitrogen and oxygen atoms in total. The molecular formula is C7H7F2NS. The van der Waals surface area contributed by atoms with E-state index in [0.717, 1.165) is 23.9 Å². The number of nitrogens with two attached hydrogens (primary N) is 1. The van der Waals surface area contributed by atoms with Gasteiger partial charge in [0.2, 0.25) is 0 Å². The van der Waals surface area contributed by atoms with Gasteiger partial charge >= 0.3 is 0 Å². The standard InChI is InChI=1S/C7H7F2NS/c1-11-7-3-4(8)6(10)2-5(7)9/h2-3H,10H2,1H3. The van der Waals surface area contributed by atoms with Crippen LogP contribution in [-0.4, -0.2) is 6.26 Å². The Labute approximate surface area is 67.6 Å². The molecule has 60 valence electrons. The molecule has 0 heterocycles. The quantitative estimate of drug-likeness (QED) is 0.523. The van der Waals surface area contributed by atoms with Gasteiger partial charge in [0, 0.05) is 11.0 Å². The molecule has 4 heteroatoms. The number of hydrogen-bond acceptors (Lipinski definition) is 2. The zero-order valence-electron chi connectivity index (χ0n) is 5.90. The highest BCUT2D eigenvalue weighted by Crippen LogP contribution is 2.23. The Hall–Kier alpha value is -0.770. The highest BCUT2D eigenvalue weighted by molar-refractivity contribution is 7.98. The lowest BCUT2D eigenvalue weighted by Crippen LogP contribution is -1.93. The Morgan fingerprint density at radius 2 is 1.91 bits per heavy atom. The van der Waals surface area contributed by atoms with E-state index in [0.29, 0.717) is 0 Å². The van der Waals surface area contributed by atoms with Crippen LogP contribution in [0.15, 0.2) is 17.0 Å². The number of rotatable bonds is 1. The molecule has 0 aliphatic carbocycles. The van der Waals surface area contributed by atoms with Gasteiger partial charge in [-0.25, -0.2) is 8.78 Å². The van der Waals surface area contributed by atoms with Crippen LogP contribution < -0.4 is 5.73 Å². The molecule has 0 radical (unpaired) electrons. The largest absolute Gasteiger partial charge is 0.396 e. The molecule has 2 N–H and O–H groups in total. The molecule has 0 amide bonds. The van der Waals surface area contributed by atoms with E-state index in [9.17, 15) is 8.78 Å². The van der Waals surface area contributed by atoms with Gasteiger partial charge < -0.3 is 5.73 Å². The molecule has 1 aromatic rings. The minimum absolute atomic E-state index is 0.152. The highest BCUT2D eigenvalue weighted by atomic mass is 32.2. The monoisotopic (exact) mass is 175 g/mol. The Balaban J connectivity index is 3.21. The topological polar surface area (TPSA) is 26.0 Å². The van der Waals surface area contributed by atoms with Crippen molar-refractivity contribution in [2.24, 2.45) is 0 Å². The van der Waals surface area contributed by atoms with E-state index in [1.54, 1.807) is 6.26 Å². The number of nitrogen functional groups attached to an aromatic ring is 1. The van der Waals surface area contributed by atoms with Crippen molar-refractivity contribution in [2.45, 2.75) is 4.90 Å². The minimum Gasteiger partial charge on any atom is -0.396 e. The van der Waals surface area contributed by atoms with E-state index in [1.807, 2.05) is 0 Å². The normalized spacial score (nSPS) is 10.1. The summed E-state index contributed by atoms with van der Waals surface area (Å²) in [6.07, 6.45) is 1.67. The molecule has 11 heavy (non-hydrogen) atoms. The maximum atomic E-state index is 12.8. The van der Waals surface area contributed by atoms with Gasteiger partial charge in [-0.05, 0) is 12.3 Å². The van der Waals surface area contributed by atoms with Crippen molar-refractivity contribution in [3.8, 4) is 0 Å². The summed E-state index contributed by atoms with van der Waals surface area (Å²) in [4.78, 5) is 0.275. The second-order valence-electron chi connectivity index (χ2n) is 2.01. The Morgan fingerprint density at radius 1 is 1.27 bits per heavy atom. The van der Waals surface area contributed by atoms with Crippen molar-refractivity contribution in [2.75, 3.05) is 12.0 Å². The summed E-state index contributed by atoms with van der Waals surface area (Å²) in [5.41, 5.74) is 4.97. The van der Waals surface area contributed by atoms with Gasteiger partial charge in [-0.15, -0.1) is 11.8 Å². The number of halogens is 2. The Kier molecular flexibility index (Phi) is 2.34. The predicted octanol–water partition coefficient (Wildman–Crippen LogP) is 2.27. The van der Waals surface area contributed by atoms with Gasteiger partial charge in [-0.2, -0.15) is 0 Å². The molecule has 0 bridgehead atoms. The van der Waals surface area contributed by atoms with E-state index >= 15 is 0 Å². The van der Waals surface area contributed by atoms with Gasteiger partial charge in [-0.3, -0.25) is 0 Å². The van der Waals surface area contributed by atoms with Crippen molar-refractivity contribution in [3.05, 3.63) is 23.8 Å². The third-order valence-corrected chi connectivity index (χ3v) is 2.02. The fourth-order valence-corrected chi connectivity index (χ4v) is 1.18. The van der Waals surface area contributed by atoms with Crippen LogP contribution in [0.5, 0.6) is 0 Å². The first-order valence-corrected chi connectivity index (χ1v) is 4.16. The van der Waals surface area contributed by atoms with Crippen molar-refractivity contribution >= 4 is 17.4 Å². The molecule has 1 rings (SSSR count). The summed E-state index contributed by atoms with van der Waals surface area (Å²) in [5.74, 6) is -1.05. The van der Waals surface area contributed by atoms with Crippen LogP contribution in [0.4, 0.5) is 14.5 Å². The second kappa shape index (κ2) is 3.09. The van der Waals surface area contributed by atoms with Crippen LogP contribution in [0.25, 0.3) is 0 Å². The summed E-state index contributed by atoms with van der Waals surface area (Å²) in [7, 11) is 0. The van der Waals surface area contributed by atoms with Gasteiger partial charge in [0.25, 0.3) is 0 Å². The zero-order valence-corrected chi connectivity index (χ0v) is 6.71. The molecule has 0 fully saturated rings. The average molecular weight is 175 g/mol. The van der Waals surface area contributed by atoms with Crippen molar-refractivity contribution < 1.29 is 8.78 Å². The number of benzene rings is 1. The molecular weight excluding hydrogens is 168 g/mol. The smallest absolute Gasteiger partial charge is 0.147 e. The van der Waals surface area contributed by atoms with Gasteiger partial charge in [-0.1, -0.05) is 0 Å². The van der Waals surface area contributed by atoms with Crippen LogP contribution in [0.2, 0.25) is 0 Å². The van der Waals surface area contributed by atoms with Crippen LogP contribution in [0, 0.1) is 11.6 Å². The second-order valence-corrected chi connectivity index (χ2v) is 2.86. The summed E-state index contributed by atoms with van der Waals surface area (Å²) in [6, 6.07) is 2.08. The van der Waals surface area contributed by atoms with E-state index < -0.39 is 11.6 Å². The fourth-order valence-electron chi connectivity index (χ4n) is 0.700. The van der Waals surface area contributed by atoms with E-state index in [2.05, 4.69) is 0 Å². The first kappa shape index (κ1) is 8.33. The molecule has 0 aliphatic rings. The highest BCUT2D eigenvalue weighted by Gasteiger charge is 2.05. The maximum absolute atomic E-state index is 12.8. The maximum Gasteiger partial charge on any atom is 0.147 e. The van der Waals surface area contributed by atoms with Gasteiger partial charge in [0.15, 0.2) is 0 Å². The van der Waals surface area contributed by atoms with E-state index in [4.69, 9.17) is 5.73 Å². The molecule has 0 spiro atoms. The van der Waals surface area contributed by atoms with E-state index in [-0.39, 0.29) is 10.6 Å². The van der Waals surface area contributed by atoms with Crippen LogP contribution in [0.3, 0.4) is 0 Å². The van der Waals surface area contributed by atoms with E-state index in [1.165, 1.54) is 0 Å². The summed E-state index contributed by atoms with van der Waals surface area (Å²) in [6.45, 7) is 0. The lowest BCUT2D eigenvalue weighted by Gasteiger charge is -2.00. The predicted molar refractivity (Wildman–Crippen MR) is 42.6 cm³/mol. The fraction of sp³-hybridized carbons (Fsp3) is 0.143. The molecule has 0 saturated heterocycles. The van der Waals surface area contributed by atoms with Crippen molar-refractivity contribution in [1.29, 1.82) is 0 Å². The van der Waals surface area contributed by atoms with Crippen molar-refractivity contribution in [1.82, 2.24) is 0 Å². The molecule has 0 saturated carbocycles. The lowest BCUT2D eigenvalue weighted by molar-refractivity contribution is 0.581. The first-order valence-electron chi connectivity index (χ1n) is 2.93. The van der Waals surface area contributed by atoms with Crippen molar-refractivity contribution in [3.63, 3.8) is 0 Å². The summed E-state index contributed by atoms with van der Waals surface area (Å²) >= 11 is 1.15. The van der Waals surface area contributed by atoms with Crippen LogP contribution >= 0.6 is 11.8 Å². The Morgan fingerprint density at radius 3 is 2.45 bits per heavy atom. The van der Waals surface area contributed by atoms with Gasteiger partial charge in [0.1, 0.15) is 11.6 Å². The third kappa shape index (κ3) is 1.63. The van der Waals surface area contributed by atoms with Crippen LogP contribution in [-0.2, 0) is 0 Å². The average Bonchev–Trinajstić information content (AvgIpc) is 1.97. The molecule has 0 atom stereocenters. The number of hydrogen-bond donors (Lipinski definition) is 1. The van der Waals surface area contributed by atoms with Gasteiger partial charge in [0.05, 0.1) is 5.69 Å². The lowest BCUT2D eigenvalue weighted by atomic mass is 10.3. The SMILES string of the molecule is CSc1cc(F)c(N)cc1F. The number of anilines is 1. The summed E-state index contributed by atoms with van der Waals surface area (Å²) < 4.78 is 25.4. The summed E-state index contributed by atoms with van der Waals surface area (Å²) in [5, 5.41) is 0. The molecule has 1 aromatic carbocycles. The number of thioether (sulfide) groups is 1. The third-order valence-electron chi connectivity index (χ3n) is 1.27. The minimum atomic E-state index is -0.573.